The van der Waals surface area contributed by atoms with E-state index in [0.717, 1.165) is 24.9 Å². The Bertz CT molecular complexity index is 326. The van der Waals surface area contributed by atoms with Crippen molar-refractivity contribution in [2.24, 2.45) is 0 Å². The van der Waals surface area contributed by atoms with Crippen molar-refractivity contribution in [3.8, 4) is 0 Å². The van der Waals surface area contributed by atoms with Crippen LogP contribution in [-0.4, -0.2) is 33.6 Å². The van der Waals surface area contributed by atoms with E-state index in [0.29, 0.717) is 5.92 Å². The van der Waals surface area contributed by atoms with Crippen molar-refractivity contribution >= 4 is 11.8 Å². The molecule has 0 radical (unpaired) electrons. The highest BCUT2D eigenvalue weighted by atomic mass is 32.2. The Morgan fingerprint density at radius 3 is 3.13 bits per heavy atom. The molecule has 2 fully saturated rings. The van der Waals surface area contributed by atoms with Gasteiger partial charge in [0, 0.05) is 42.7 Å². The normalized spacial score (nSPS) is 26.8. The van der Waals surface area contributed by atoms with E-state index in [2.05, 4.69) is 26.6 Å². The van der Waals surface area contributed by atoms with Gasteiger partial charge in [0.25, 0.3) is 0 Å². The van der Waals surface area contributed by atoms with Gasteiger partial charge in [-0.25, -0.2) is 4.98 Å². The minimum atomic E-state index is 0.707. The SMILES string of the molecule is c1ncn(CC2CCCS2)c1C1CNC1. The summed E-state index contributed by atoms with van der Waals surface area (Å²) >= 11 is 2.12. The van der Waals surface area contributed by atoms with Crippen molar-refractivity contribution < 1.29 is 0 Å². The molecule has 0 amide bonds. The molecule has 0 aromatic carbocycles. The maximum absolute atomic E-state index is 4.29. The highest BCUT2D eigenvalue weighted by Gasteiger charge is 2.24. The Morgan fingerprint density at radius 2 is 2.47 bits per heavy atom. The van der Waals surface area contributed by atoms with Gasteiger partial charge in [0.15, 0.2) is 0 Å². The summed E-state index contributed by atoms with van der Waals surface area (Å²) < 4.78 is 2.37. The second-order valence-electron chi connectivity index (χ2n) is 4.46. The van der Waals surface area contributed by atoms with Gasteiger partial charge in [-0.1, -0.05) is 0 Å². The average Bonchev–Trinajstić information content (AvgIpc) is 2.76. The van der Waals surface area contributed by atoms with E-state index in [1.54, 1.807) is 0 Å². The van der Waals surface area contributed by atoms with Crippen LogP contribution in [-0.2, 0) is 6.54 Å². The predicted molar refractivity (Wildman–Crippen MR) is 63.3 cm³/mol. The fourth-order valence-electron chi connectivity index (χ4n) is 2.33. The van der Waals surface area contributed by atoms with Gasteiger partial charge in [0.05, 0.1) is 6.33 Å². The first-order chi connectivity index (χ1) is 7.43. The van der Waals surface area contributed by atoms with Crippen LogP contribution < -0.4 is 5.32 Å². The monoisotopic (exact) mass is 223 g/mol. The Kier molecular flexibility index (Phi) is 2.71. The lowest BCUT2D eigenvalue weighted by Gasteiger charge is -2.28. The smallest absolute Gasteiger partial charge is 0.0948 e. The quantitative estimate of drug-likeness (QED) is 0.841. The van der Waals surface area contributed by atoms with E-state index in [4.69, 9.17) is 0 Å². The van der Waals surface area contributed by atoms with Crippen molar-refractivity contribution in [1.29, 1.82) is 0 Å². The number of thioether (sulfide) groups is 1. The molecule has 1 aromatic rings. The summed E-state index contributed by atoms with van der Waals surface area (Å²) in [4.78, 5) is 4.29. The van der Waals surface area contributed by atoms with Crippen LogP contribution in [0.15, 0.2) is 12.5 Å². The topological polar surface area (TPSA) is 29.9 Å². The highest BCUT2D eigenvalue weighted by Crippen LogP contribution is 2.29. The van der Waals surface area contributed by atoms with Crippen LogP contribution in [0.5, 0.6) is 0 Å². The van der Waals surface area contributed by atoms with Crippen LogP contribution in [0.1, 0.15) is 24.5 Å². The Labute approximate surface area is 94.7 Å². The van der Waals surface area contributed by atoms with Crippen LogP contribution in [0.2, 0.25) is 0 Å². The van der Waals surface area contributed by atoms with E-state index in [1.165, 1.54) is 24.3 Å². The molecule has 0 bridgehead atoms. The molecule has 0 saturated carbocycles. The number of hydrogen-bond donors (Lipinski definition) is 1. The molecule has 15 heavy (non-hydrogen) atoms. The van der Waals surface area contributed by atoms with E-state index in [9.17, 15) is 0 Å². The van der Waals surface area contributed by atoms with Crippen LogP contribution in [0, 0.1) is 0 Å². The molecule has 3 heterocycles. The largest absolute Gasteiger partial charge is 0.333 e. The van der Waals surface area contributed by atoms with Gasteiger partial charge in [-0.3, -0.25) is 0 Å². The van der Waals surface area contributed by atoms with Crippen LogP contribution in [0.4, 0.5) is 0 Å². The molecule has 1 unspecified atom stereocenters. The van der Waals surface area contributed by atoms with Gasteiger partial charge >= 0.3 is 0 Å². The highest BCUT2D eigenvalue weighted by molar-refractivity contribution is 8.00. The molecule has 82 valence electrons. The summed E-state index contributed by atoms with van der Waals surface area (Å²) in [6.45, 7) is 3.42. The number of nitrogens with zero attached hydrogens (tertiary/aromatic N) is 2. The summed E-state index contributed by atoms with van der Waals surface area (Å²) in [7, 11) is 0. The van der Waals surface area contributed by atoms with Crippen LogP contribution in [0.25, 0.3) is 0 Å². The molecule has 3 rings (SSSR count). The van der Waals surface area contributed by atoms with Gasteiger partial charge in [0.1, 0.15) is 0 Å². The fourth-order valence-corrected chi connectivity index (χ4v) is 3.60. The zero-order valence-corrected chi connectivity index (χ0v) is 9.67. The lowest BCUT2D eigenvalue weighted by molar-refractivity contribution is 0.422. The first kappa shape index (κ1) is 9.73. The van der Waals surface area contributed by atoms with E-state index < -0.39 is 0 Å². The lowest BCUT2D eigenvalue weighted by atomic mass is 10.00. The number of rotatable bonds is 3. The molecule has 1 aromatic heterocycles. The van der Waals surface area contributed by atoms with Crippen molar-refractivity contribution in [2.75, 3.05) is 18.8 Å². The third-order valence-corrected chi connectivity index (χ3v) is 4.75. The standard InChI is InChI=1S/C11H17N3S/c1-2-10(15-3-1)7-14-8-13-6-11(14)9-4-12-5-9/h6,8-10,12H,1-5,7H2. The molecular weight excluding hydrogens is 206 g/mol. The van der Waals surface area contributed by atoms with Gasteiger partial charge in [-0.2, -0.15) is 11.8 Å². The Hall–Kier alpha value is -0.480. The van der Waals surface area contributed by atoms with Crippen LogP contribution in [0.3, 0.4) is 0 Å². The minimum Gasteiger partial charge on any atom is -0.333 e. The predicted octanol–water partition coefficient (Wildman–Crippen LogP) is 1.47. The maximum atomic E-state index is 4.29. The first-order valence-electron chi connectivity index (χ1n) is 5.76. The first-order valence-corrected chi connectivity index (χ1v) is 6.81. The van der Waals surface area contributed by atoms with E-state index in [1.807, 2.05) is 12.5 Å². The van der Waals surface area contributed by atoms with E-state index >= 15 is 0 Å². The van der Waals surface area contributed by atoms with Crippen molar-refractivity contribution in [1.82, 2.24) is 14.9 Å². The van der Waals surface area contributed by atoms with Crippen molar-refractivity contribution in [2.45, 2.75) is 30.6 Å². The fraction of sp³-hybridized carbons (Fsp3) is 0.727. The Morgan fingerprint density at radius 1 is 1.53 bits per heavy atom. The average molecular weight is 223 g/mol. The molecule has 4 heteroatoms. The third kappa shape index (κ3) is 1.93. The number of hydrogen-bond acceptors (Lipinski definition) is 3. The molecule has 2 aliphatic heterocycles. The van der Waals surface area contributed by atoms with Gasteiger partial charge in [0.2, 0.25) is 0 Å². The van der Waals surface area contributed by atoms with Crippen molar-refractivity contribution in [3.63, 3.8) is 0 Å². The molecule has 3 nitrogen and oxygen atoms in total. The van der Waals surface area contributed by atoms with Gasteiger partial charge in [-0.15, -0.1) is 0 Å². The lowest BCUT2D eigenvalue weighted by Crippen LogP contribution is -2.41. The molecule has 1 N–H and O–H groups in total. The molecule has 2 saturated heterocycles. The molecule has 0 spiro atoms. The zero-order chi connectivity index (χ0) is 10.1. The number of imidazole rings is 1. The zero-order valence-electron chi connectivity index (χ0n) is 8.85. The number of aromatic nitrogens is 2. The molecule has 2 aliphatic rings. The molecular formula is C11H17N3S. The van der Waals surface area contributed by atoms with Gasteiger partial charge < -0.3 is 9.88 Å². The minimum absolute atomic E-state index is 0.707. The molecule has 0 aliphatic carbocycles. The maximum Gasteiger partial charge on any atom is 0.0948 e. The molecule has 1 atom stereocenters. The van der Waals surface area contributed by atoms with Gasteiger partial charge in [-0.05, 0) is 18.6 Å². The van der Waals surface area contributed by atoms with Crippen LogP contribution >= 0.6 is 11.8 Å². The summed E-state index contributed by atoms with van der Waals surface area (Å²) in [5.74, 6) is 2.05. The summed E-state index contributed by atoms with van der Waals surface area (Å²) in [5.41, 5.74) is 1.43. The Balaban J connectivity index is 1.70. The second kappa shape index (κ2) is 4.18. The number of nitrogens with one attached hydrogen (secondary N) is 1. The summed E-state index contributed by atoms with van der Waals surface area (Å²) in [6.07, 6.45) is 6.83. The second-order valence-corrected chi connectivity index (χ2v) is 5.87. The third-order valence-electron chi connectivity index (χ3n) is 3.37. The summed E-state index contributed by atoms with van der Waals surface area (Å²) in [5, 5.41) is 4.15. The summed E-state index contributed by atoms with van der Waals surface area (Å²) in [6, 6.07) is 0. The van der Waals surface area contributed by atoms with E-state index in [-0.39, 0.29) is 0 Å². The van der Waals surface area contributed by atoms with Crippen molar-refractivity contribution in [3.05, 3.63) is 18.2 Å².